The Morgan fingerprint density at radius 3 is 3.08 bits per heavy atom. The number of hydrogen-bond donors (Lipinski definition) is 2. The van der Waals surface area contributed by atoms with E-state index in [1.165, 1.54) is 0 Å². The average Bonchev–Trinajstić information content (AvgIpc) is 2.48. The SMILES string of the molecule is Cc1c(Br)cc2cn[nH]c2c1N. The van der Waals surface area contributed by atoms with Gasteiger partial charge in [0.2, 0.25) is 0 Å². The molecule has 0 saturated heterocycles. The molecule has 0 amide bonds. The summed E-state index contributed by atoms with van der Waals surface area (Å²) in [5.41, 5.74) is 8.58. The number of nitrogens with one attached hydrogen (secondary N) is 1. The zero-order chi connectivity index (χ0) is 8.72. The first kappa shape index (κ1) is 7.61. The van der Waals surface area contributed by atoms with Gasteiger partial charge < -0.3 is 5.73 Å². The summed E-state index contributed by atoms with van der Waals surface area (Å²) in [4.78, 5) is 0. The fourth-order valence-electron chi connectivity index (χ4n) is 1.18. The maximum atomic E-state index is 5.86. The quantitative estimate of drug-likeness (QED) is 0.676. The summed E-state index contributed by atoms with van der Waals surface area (Å²) in [7, 11) is 0. The molecule has 0 spiro atoms. The second-order valence-corrected chi connectivity index (χ2v) is 3.59. The molecule has 1 heterocycles. The number of nitrogens with zero attached hydrogens (tertiary/aromatic N) is 1. The number of H-pyrrole nitrogens is 1. The Bertz CT molecular complexity index is 433. The third-order valence-corrected chi connectivity index (χ3v) is 2.81. The topological polar surface area (TPSA) is 54.7 Å². The Balaban J connectivity index is 2.94. The van der Waals surface area contributed by atoms with Gasteiger partial charge in [-0.05, 0) is 18.6 Å². The number of nitrogen functional groups attached to an aromatic ring is 1. The van der Waals surface area contributed by atoms with Crippen molar-refractivity contribution in [1.29, 1.82) is 0 Å². The first-order valence-electron chi connectivity index (χ1n) is 3.58. The van der Waals surface area contributed by atoms with Crippen LogP contribution in [0.25, 0.3) is 10.9 Å². The molecule has 1 aromatic heterocycles. The molecule has 3 nitrogen and oxygen atoms in total. The van der Waals surface area contributed by atoms with Crippen molar-refractivity contribution in [3.8, 4) is 0 Å². The number of aromatic nitrogens is 2. The number of benzene rings is 1. The molecule has 0 fully saturated rings. The van der Waals surface area contributed by atoms with Gasteiger partial charge in [-0.3, -0.25) is 5.10 Å². The van der Waals surface area contributed by atoms with Crippen molar-refractivity contribution in [3.05, 3.63) is 22.3 Å². The van der Waals surface area contributed by atoms with E-state index in [1.807, 2.05) is 13.0 Å². The number of anilines is 1. The van der Waals surface area contributed by atoms with Crippen molar-refractivity contribution in [3.63, 3.8) is 0 Å². The molecule has 0 unspecified atom stereocenters. The van der Waals surface area contributed by atoms with Crippen LogP contribution in [0.15, 0.2) is 16.7 Å². The predicted molar refractivity (Wildman–Crippen MR) is 52.9 cm³/mol. The normalized spacial score (nSPS) is 10.8. The van der Waals surface area contributed by atoms with Gasteiger partial charge in [0.1, 0.15) is 0 Å². The molecule has 1 aromatic carbocycles. The summed E-state index contributed by atoms with van der Waals surface area (Å²) in [5, 5.41) is 7.81. The minimum absolute atomic E-state index is 0.761. The van der Waals surface area contributed by atoms with Gasteiger partial charge in [-0.1, -0.05) is 15.9 Å². The monoisotopic (exact) mass is 225 g/mol. The van der Waals surface area contributed by atoms with Gasteiger partial charge in [0.05, 0.1) is 17.4 Å². The van der Waals surface area contributed by atoms with Crippen molar-refractivity contribution >= 4 is 32.5 Å². The fraction of sp³-hybridized carbons (Fsp3) is 0.125. The van der Waals surface area contributed by atoms with Gasteiger partial charge in [0.25, 0.3) is 0 Å². The number of nitrogens with two attached hydrogens (primary N) is 1. The summed E-state index contributed by atoms with van der Waals surface area (Å²) in [6.45, 7) is 1.97. The summed E-state index contributed by atoms with van der Waals surface area (Å²) < 4.78 is 1.02. The fourth-order valence-corrected chi connectivity index (χ4v) is 1.64. The summed E-state index contributed by atoms with van der Waals surface area (Å²) in [6.07, 6.45) is 1.76. The van der Waals surface area contributed by atoms with Crippen LogP contribution in [-0.2, 0) is 0 Å². The van der Waals surface area contributed by atoms with Crippen molar-refractivity contribution in [2.45, 2.75) is 6.92 Å². The predicted octanol–water partition coefficient (Wildman–Crippen LogP) is 2.22. The third kappa shape index (κ3) is 0.914. The Labute approximate surface area is 78.1 Å². The molecule has 2 aromatic rings. The van der Waals surface area contributed by atoms with E-state index in [1.54, 1.807) is 6.20 Å². The first-order chi connectivity index (χ1) is 5.70. The van der Waals surface area contributed by atoms with Crippen LogP contribution in [0.3, 0.4) is 0 Å². The van der Waals surface area contributed by atoms with Gasteiger partial charge in [-0.15, -0.1) is 0 Å². The van der Waals surface area contributed by atoms with E-state index < -0.39 is 0 Å². The van der Waals surface area contributed by atoms with Crippen LogP contribution in [0.2, 0.25) is 0 Å². The minimum atomic E-state index is 0.761. The Kier molecular flexibility index (Phi) is 1.58. The van der Waals surface area contributed by atoms with E-state index in [0.29, 0.717) is 0 Å². The molecular formula is C8H8BrN3. The standard InChI is InChI=1S/C8H8BrN3/c1-4-6(9)2-5-3-11-12-8(5)7(4)10/h2-3H,10H2,1H3,(H,11,12). The van der Waals surface area contributed by atoms with Crippen molar-refractivity contribution in [1.82, 2.24) is 10.2 Å². The average molecular weight is 226 g/mol. The second-order valence-electron chi connectivity index (χ2n) is 2.73. The largest absolute Gasteiger partial charge is 0.397 e. The third-order valence-electron chi connectivity index (χ3n) is 1.98. The van der Waals surface area contributed by atoms with Crippen LogP contribution in [0, 0.1) is 6.92 Å². The van der Waals surface area contributed by atoms with Crippen molar-refractivity contribution in [2.24, 2.45) is 0 Å². The number of halogens is 1. The molecule has 0 aliphatic carbocycles. The van der Waals surface area contributed by atoms with E-state index in [4.69, 9.17) is 5.73 Å². The lowest BCUT2D eigenvalue weighted by Gasteiger charge is -2.02. The van der Waals surface area contributed by atoms with E-state index in [9.17, 15) is 0 Å². The molecule has 62 valence electrons. The zero-order valence-electron chi connectivity index (χ0n) is 6.56. The molecule has 12 heavy (non-hydrogen) atoms. The van der Waals surface area contributed by atoms with Gasteiger partial charge in [-0.2, -0.15) is 5.10 Å². The number of fused-ring (bicyclic) bond motifs is 1. The maximum absolute atomic E-state index is 5.86. The van der Waals surface area contributed by atoms with Gasteiger partial charge in [-0.25, -0.2) is 0 Å². The molecular weight excluding hydrogens is 218 g/mol. The Morgan fingerprint density at radius 2 is 2.33 bits per heavy atom. The van der Waals surface area contributed by atoms with Crippen LogP contribution in [0.5, 0.6) is 0 Å². The van der Waals surface area contributed by atoms with Crippen LogP contribution < -0.4 is 5.73 Å². The lowest BCUT2D eigenvalue weighted by molar-refractivity contribution is 1.12. The highest BCUT2D eigenvalue weighted by molar-refractivity contribution is 9.10. The van der Waals surface area contributed by atoms with Crippen LogP contribution >= 0.6 is 15.9 Å². The van der Waals surface area contributed by atoms with Crippen LogP contribution in [-0.4, -0.2) is 10.2 Å². The van der Waals surface area contributed by atoms with E-state index in [-0.39, 0.29) is 0 Å². The first-order valence-corrected chi connectivity index (χ1v) is 4.37. The molecule has 0 aliphatic heterocycles. The van der Waals surface area contributed by atoms with Crippen LogP contribution in [0.1, 0.15) is 5.56 Å². The molecule has 0 bridgehead atoms. The zero-order valence-corrected chi connectivity index (χ0v) is 8.14. The molecule has 3 N–H and O–H groups in total. The molecule has 0 saturated carbocycles. The Hall–Kier alpha value is -1.03. The number of rotatable bonds is 0. The lowest BCUT2D eigenvalue weighted by Crippen LogP contribution is -1.91. The lowest BCUT2D eigenvalue weighted by atomic mass is 10.1. The van der Waals surface area contributed by atoms with Gasteiger partial charge >= 0.3 is 0 Å². The molecule has 2 rings (SSSR count). The smallest absolute Gasteiger partial charge is 0.0883 e. The highest BCUT2D eigenvalue weighted by Crippen LogP contribution is 2.28. The number of hydrogen-bond acceptors (Lipinski definition) is 2. The minimum Gasteiger partial charge on any atom is -0.397 e. The van der Waals surface area contributed by atoms with Gasteiger partial charge in [0, 0.05) is 9.86 Å². The van der Waals surface area contributed by atoms with Crippen molar-refractivity contribution < 1.29 is 0 Å². The maximum Gasteiger partial charge on any atom is 0.0883 e. The van der Waals surface area contributed by atoms with Gasteiger partial charge in [0.15, 0.2) is 0 Å². The second kappa shape index (κ2) is 2.48. The van der Waals surface area contributed by atoms with E-state index in [0.717, 1.165) is 26.6 Å². The highest BCUT2D eigenvalue weighted by atomic mass is 79.9. The highest BCUT2D eigenvalue weighted by Gasteiger charge is 2.06. The van der Waals surface area contributed by atoms with E-state index >= 15 is 0 Å². The Morgan fingerprint density at radius 1 is 1.58 bits per heavy atom. The number of aromatic amines is 1. The summed E-state index contributed by atoms with van der Waals surface area (Å²) in [5.74, 6) is 0. The molecule has 0 atom stereocenters. The molecule has 0 aliphatic rings. The molecule has 4 heteroatoms. The molecule has 0 radical (unpaired) electrons. The summed E-state index contributed by atoms with van der Waals surface area (Å²) >= 11 is 3.43. The van der Waals surface area contributed by atoms with Crippen molar-refractivity contribution in [2.75, 3.05) is 5.73 Å². The summed E-state index contributed by atoms with van der Waals surface area (Å²) in [6, 6.07) is 2.00. The van der Waals surface area contributed by atoms with E-state index in [2.05, 4.69) is 26.1 Å². The van der Waals surface area contributed by atoms with Crippen LogP contribution in [0.4, 0.5) is 5.69 Å².